The molecule has 0 atom stereocenters. The minimum Gasteiger partial charge on any atom is -0.507 e. The molecule has 2 amide bonds. The first kappa shape index (κ1) is 26.6. The molecule has 0 saturated heterocycles. The van der Waals surface area contributed by atoms with Gasteiger partial charge in [0.1, 0.15) is 17.4 Å². The van der Waals surface area contributed by atoms with Crippen molar-refractivity contribution in [1.82, 2.24) is 4.90 Å². The van der Waals surface area contributed by atoms with Crippen LogP contribution in [-0.2, 0) is 31.2 Å². The first-order valence-corrected chi connectivity index (χ1v) is 12.9. The van der Waals surface area contributed by atoms with Gasteiger partial charge in [-0.1, -0.05) is 58.4 Å². The molecule has 37 heavy (non-hydrogen) atoms. The summed E-state index contributed by atoms with van der Waals surface area (Å²) in [6, 6.07) is 12.7. The molecule has 0 fully saturated rings. The molecule has 0 saturated carbocycles. The van der Waals surface area contributed by atoms with Gasteiger partial charge in [0.25, 0.3) is 0 Å². The lowest BCUT2D eigenvalue weighted by Crippen LogP contribution is -2.43. The molecule has 0 aliphatic heterocycles. The van der Waals surface area contributed by atoms with Gasteiger partial charge >= 0.3 is 6.03 Å². The van der Waals surface area contributed by atoms with Gasteiger partial charge in [0.05, 0.1) is 5.69 Å². The number of hydrogen-bond acceptors (Lipinski definition) is 2. The summed E-state index contributed by atoms with van der Waals surface area (Å²) in [4.78, 5) is 15.4. The molecule has 0 aromatic heterocycles. The summed E-state index contributed by atoms with van der Waals surface area (Å²) in [5, 5.41) is 13.8. The van der Waals surface area contributed by atoms with Crippen molar-refractivity contribution in [2.75, 3.05) is 5.32 Å². The van der Waals surface area contributed by atoms with E-state index in [2.05, 4.69) is 45.1 Å². The summed E-state index contributed by atoms with van der Waals surface area (Å²) in [6.45, 7) is 10.6. The molecule has 196 valence electrons. The smallest absolute Gasteiger partial charge is 0.322 e. The standard InChI is InChI=1S/C31H36F2N2O2/c1-6-9-25-19(2)22(16-26(29(25)36)31(3,4)5)18-35(24-14-20-10-7-8-11-21(20)15-24)30(37)34-28-13-12-23(32)17-27(28)33/h7-8,10-13,16-17,24,36H,6,9,14-15,18H2,1-5H3,(H,34,37). The van der Waals surface area contributed by atoms with Gasteiger partial charge in [-0.2, -0.15) is 0 Å². The van der Waals surface area contributed by atoms with Crippen molar-refractivity contribution in [3.05, 3.63) is 93.5 Å². The molecule has 3 aromatic rings. The number of nitrogens with one attached hydrogen (secondary N) is 1. The Morgan fingerprint density at radius 1 is 1.08 bits per heavy atom. The van der Waals surface area contributed by atoms with Crippen LogP contribution in [-0.4, -0.2) is 22.1 Å². The van der Waals surface area contributed by atoms with E-state index in [-0.39, 0.29) is 17.1 Å². The molecule has 2 N–H and O–H groups in total. The molecular weight excluding hydrogens is 470 g/mol. The Balaban J connectivity index is 1.74. The van der Waals surface area contributed by atoms with E-state index in [1.54, 1.807) is 4.90 Å². The second-order valence-corrected chi connectivity index (χ2v) is 11.0. The van der Waals surface area contributed by atoms with Crippen molar-refractivity contribution in [2.24, 2.45) is 0 Å². The number of phenolic OH excluding ortho intramolecular Hbond substituents is 1. The number of phenols is 1. The fourth-order valence-corrected chi connectivity index (χ4v) is 5.26. The van der Waals surface area contributed by atoms with E-state index in [1.807, 2.05) is 25.1 Å². The van der Waals surface area contributed by atoms with Gasteiger partial charge in [-0.3, -0.25) is 0 Å². The number of anilines is 1. The number of rotatable bonds is 6. The van der Waals surface area contributed by atoms with Crippen LogP contribution in [0.5, 0.6) is 5.75 Å². The summed E-state index contributed by atoms with van der Waals surface area (Å²) in [7, 11) is 0. The van der Waals surface area contributed by atoms with Crippen LogP contribution in [0.15, 0.2) is 48.5 Å². The molecule has 1 aliphatic carbocycles. The van der Waals surface area contributed by atoms with Crippen LogP contribution in [0.1, 0.15) is 67.5 Å². The maximum atomic E-state index is 14.4. The van der Waals surface area contributed by atoms with E-state index in [4.69, 9.17) is 0 Å². The number of aromatic hydroxyl groups is 1. The third-order valence-corrected chi connectivity index (χ3v) is 7.35. The lowest BCUT2D eigenvalue weighted by atomic mass is 9.81. The van der Waals surface area contributed by atoms with Gasteiger partial charge < -0.3 is 15.3 Å². The molecule has 4 nitrogen and oxygen atoms in total. The number of carbonyl (C=O) groups is 1. The second kappa shape index (κ2) is 10.5. The predicted octanol–water partition coefficient (Wildman–Crippen LogP) is 7.43. The van der Waals surface area contributed by atoms with Crippen LogP contribution in [0.2, 0.25) is 0 Å². The maximum Gasteiger partial charge on any atom is 0.322 e. The number of fused-ring (bicyclic) bond motifs is 1. The normalized spacial score (nSPS) is 13.5. The predicted molar refractivity (Wildman–Crippen MR) is 144 cm³/mol. The zero-order valence-electron chi connectivity index (χ0n) is 22.3. The van der Waals surface area contributed by atoms with Crippen LogP contribution in [0.25, 0.3) is 0 Å². The van der Waals surface area contributed by atoms with Crippen molar-refractivity contribution >= 4 is 11.7 Å². The van der Waals surface area contributed by atoms with Crippen molar-refractivity contribution in [1.29, 1.82) is 0 Å². The Bertz CT molecular complexity index is 1290. The monoisotopic (exact) mass is 506 g/mol. The lowest BCUT2D eigenvalue weighted by Gasteiger charge is -2.32. The molecule has 0 bridgehead atoms. The topological polar surface area (TPSA) is 52.6 Å². The van der Waals surface area contributed by atoms with Crippen molar-refractivity contribution in [3.8, 4) is 5.75 Å². The first-order chi connectivity index (χ1) is 17.5. The second-order valence-electron chi connectivity index (χ2n) is 11.0. The lowest BCUT2D eigenvalue weighted by molar-refractivity contribution is 0.185. The van der Waals surface area contributed by atoms with Crippen LogP contribution >= 0.6 is 0 Å². The number of urea groups is 1. The quantitative estimate of drug-likeness (QED) is 0.365. The van der Waals surface area contributed by atoms with Crippen molar-refractivity contribution < 1.29 is 18.7 Å². The molecular formula is C31H36F2N2O2. The molecule has 0 heterocycles. The molecule has 4 rings (SSSR count). The first-order valence-electron chi connectivity index (χ1n) is 12.9. The Morgan fingerprint density at radius 3 is 2.30 bits per heavy atom. The van der Waals surface area contributed by atoms with Crippen LogP contribution in [0.3, 0.4) is 0 Å². The van der Waals surface area contributed by atoms with Crippen LogP contribution in [0.4, 0.5) is 19.3 Å². The van der Waals surface area contributed by atoms with Gasteiger partial charge in [-0.25, -0.2) is 13.6 Å². The Labute approximate surface area is 218 Å². The third kappa shape index (κ3) is 5.63. The molecule has 6 heteroatoms. The summed E-state index contributed by atoms with van der Waals surface area (Å²) in [5.41, 5.74) is 5.72. The highest BCUT2D eigenvalue weighted by atomic mass is 19.1. The summed E-state index contributed by atoms with van der Waals surface area (Å²) < 4.78 is 27.9. The minimum absolute atomic E-state index is 0.0589. The van der Waals surface area contributed by atoms with Crippen LogP contribution < -0.4 is 5.32 Å². The van der Waals surface area contributed by atoms with E-state index >= 15 is 0 Å². The Hall–Kier alpha value is -3.41. The van der Waals surface area contributed by atoms with Crippen molar-refractivity contribution in [3.63, 3.8) is 0 Å². The minimum atomic E-state index is -0.816. The number of halogens is 2. The molecule has 0 radical (unpaired) electrons. The third-order valence-electron chi connectivity index (χ3n) is 7.35. The fraction of sp³-hybridized carbons (Fsp3) is 0.387. The molecule has 0 unspecified atom stereocenters. The van der Waals surface area contributed by atoms with Gasteiger partial charge in [0, 0.05) is 18.7 Å². The number of nitrogens with zero attached hydrogens (tertiary/aromatic N) is 1. The average molecular weight is 507 g/mol. The zero-order valence-corrected chi connectivity index (χ0v) is 22.3. The van der Waals surface area contributed by atoms with Gasteiger partial charge in [-0.15, -0.1) is 0 Å². The van der Waals surface area contributed by atoms with Gasteiger partial charge in [0.2, 0.25) is 0 Å². The summed E-state index contributed by atoms with van der Waals surface area (Å²) >= 11 is 0. The fourth-order valence-electron chi connectivity index (χ4n) is 5.26. The average Bonchev–Trinajstić information content (AvgIpc) is 3.26. The maximum absolute atomic E-state index is 14.4. The number of carbonyl (C=O) groups excluding carboxylic acids is 1. The zero-order chi connectivity index (χ0) is 26.9. The number of benzene rings is 3. The number of hydrogen-bond donors (Lipinski definition) is 2. The highest BCUT2D eigenvalue weighted by Crippen LogP contribution is 2.38. The van der Waals surface area contributed by atoms with E-state index in [0.717, 1.165) is 47.2 Å². The highest BCUT2D eigenvalue weighted by Gasteiger charge is 2.32. The molecule has 3 aromatic carbocycles. The van der Waals surface area contributed by atoms with E-state index in [1.165, 1.54) is 17.2 Å². The molecule has 1 aliphatic rings. The summed E-state index contributed by atoms with van der Waals surface area (Å²) in [5.74, 6) is -1.19. The SMILES string of the molecule is CCCc1c(C)c(CN(C(=O)Nc2ccc(F)cc2F)C2Cc3ccccc3C2)cc(C(C)(C)C)c1O. The number of amides is 2. The Morgan fingerprint density at radius 2 is 1.73 bits per heavy atom. The van der Waals surface area contributed by atoms with Crippen molar-refractivity contribution in [2.45, 2.75) is 78.3 Å². The largest absolute Gasteiger partial charge is 0.507 e. The van der Waals surface area contributed by atoms with E-state index in [0.29, 0.717) is 25.1 Å². The highest BCUT2D eigenvalue weighted by molar-refractivity contribution is 5.89. The molecule has 0 spiro atoms. The van der Waals surface area contributed by atoms with Gasteiger partial charge in [0.15, 0.2) is 0 Å². The Kier molecular flexibility index (Phi) is 7.58. The summed E-state index contributed by atoms with van der Waals surface area (Å²) in [6.07, 6.45) is 3.00. The van der Waals surface area contributed by atoms with E-state index in [9.17, 15) is 18.7 Å². The van der Waals surface area contributed by atoms with Gasteiger partial charge in [-0.05, 0) is 83.2 Å². The van der Waals surface area contributed by atoms with E-state index < -0.39 is 17.7 Å². The van der Waals surface area contributed by atoms with Crippen LogP contribution in [0, 0.1) is 18.6 Å².